The Bertz CT molecular complexity index is 1010. The van der Waals surface area contributed by atoms with Gasteiger partial charge in [-0.25, -0.2) is 9.18 Å². The van der Waals surface area contributed by atoms with Crippen LogP contribution in [-0.4, -0.2) is 37.0 Å². The number of nitrogens with zero attached hydrogens (tertiary/aromatic N) is 1. The van der Waals surface area contributed by atoms with Crippen molar-refractivity contribution in [3.63, 3.8) is 0 Å². The maximum atomic E-state index is 13.5. The number of carbonyl (C=O) groups excluding carboxylic acids is 3. The number of esters is 1. The summed E-state index contributed by atoms with van der Waals surface area (Å²) in [6.45, 7) is 1.91. The number of anilines is 3. The van der Waals surface area contributed by atoms with Crippen LogP contribution in [0.15, 0.2) is 36.4 Å². The fraction of sp³-hybridized carbons (Fsp3) is 0.286. The van der Waals surface area contributed by atoms with E-state index in [0.29, 0.717) is 11.3 Å². The molecule has 1 fully saturated rings. The summed E-state index contributed by atoms with van der Waals surface area (Å²) < 4.78 is 18.6. The van der Waals surface area contributed by atoms with Gasteiger partial charge in [-0.3, -0.25) is 9.59 Å². The Hall–Kier alpha value is -3.42. The minimum atomic E-state index is -0.684. The van der Waals surface area contributed by atoms with Crippen LogP contribution in [0.2, 0.25) is 0 Å². The van der Waals surface area contributed by atoms with Crippen molar-refractivity contribution in [1.82, 2.24) is 0 Å². The lowest BCUT2D eigenvalue weighted by molar-refractivity contribution is -0.119. The van der Waals surface area contributed by atoms with Crippen molar-refractivity contribution in [2.45, 2.75) is 25.8 Å². The van der Waals surface area contributed by atoms with Crippen molar-refractivity contribution in [1.29, 1.82) is 0 Å². The van der Waals surface area contributed by atoms with E-state index in [-0.39, 0.29) is 23.2 Å². The van der Waals surface area contributed by atoms with Crippen molar-refractivity contribution in [3.8, 4) is 0 Å². The topological polar surface area (TPSA) is 87.7 Å². The minimum Gasteiger partial charge on any atom is -0.452 e. The van der Waals surface area contributed by atoms with E-state index in [9.17, 15) is 18.8 Å². The van der Waals surface area contributed by atoms with Gasteiger partial charge in [0, 0.05) is 12.2 Å². The summed E-state index contributed by atoms with van der Waals surface area (Å²) in [4.78, 5) is 38.5. The van der Waals surface area contributed by atoms with E-state index in [2.05, 4.69) is 10.6 Å². The first kappa shape index (κ1) is 18.9. The smallest absolute Gasteiger partial charge is 0.338 e. The lowest BCUT2D eigenvalue weighted by atomic mass is 10.1. The molecule has 0 radical (unpaired) electrons. The molecule has 150 valence electrons. The first-order chi connectivity index (χ1) is 13.9. The highest BCUT2D eigenvalue weighted by Crippen LogP contribution is 2.37. The second-order valence-electron chi connectivity index (χ2n) is 7.16. The van der Waals surface area contributed by atoms with E-state index in [1.165, 1.54) is 6.07 Å². The number of aryl methyl sites for hydroxylation is 1. The summed E-state index contributed by atoms with van der Waals surface area (Å²) in [5, 5.41) is 5.31. The van der Waals surface area contributed by atoms with E-state index in [1.807, 2.05) is 4.90 Å². The number of nitrogens with one attached hydrogen (secondary N) is 2. The van der Waals surface area contributed by atoms with Gasteiger partial charge in [0.1, 0.15) is 11.9 Å². The van der Waals surface area contributed by atoms with Crippen LogP contribution in [0.5, 0.6) is 0 Å². The average Bonchev–Trinajstić information content (AvgIpc) is 3.19. The summed E-state index contributed by atoms with van der Waals surface area (Å²) in [6, 6.07) is 9.10. The third kappa shape index (κ3) is 3.78. The number of hydrogen-bond donors (Lipinski definition) is 2. The van der Waals surface area contributed by atoms with E-state index < -0.39 is 24.3 Å². The van der Waals surface area contributed by atoms with Gasteiger partial charge >= 0.3 is 5.97 Å². The van der Waals surface area contributed by atoms with Gasteiger partial charge in [-0.1, -0.05) is 6.07 Å². The molecular formula is C21H20FN3O4. The Morgan fingerprint density at radius 1 is 1.28 bits per heavy atom. The zero-order chi connectivity index (χ0) is 20.5. The fourth-order valence-electron chi connectivity index (χ4n) is 3.64. The van der Waals surface area contributed by atoms with Gasteiger partial charge in [0.05, 0.1) is 16.9 Å². The standard InChI is InChI=1S/C21H20FN3O4/c1-12-4-6-14(10-15(12)22)23-19(26)11-29-21(28)13-5-7-17-16(9-13)24-20(27)18-3-2-8-25(17)18/h4-7,9-10,18H,2-3,8,11H2,1H3,(H,23,26)(H,24,27)/t18-/m0/s1. The highest BCUT2D eigenvalue weighted by molar-refractivity contribution is 6.05. The van der Waals surface area contributed by atoms with Gasteiger partial charge in [0.15, 0.2) is 6.61 Å². The van der Waals surface area contributed by atoms with E-state index in [1.54, 1.807) is 37.3 Å². The van der Waals surface area contributed by atoms with Gasteiger partial charge in [-0.15, -0.1) is 0 Å². The van der Waals surface area contributed by atoms with Crippen molar-refractivity contribution in [2.24, 2.45) is 0 Å². The molecule has 2 aliphatic heterocycles. The van der Waals surface area contributed by atoms with Gasteiger partial charge in [-0.2, -0.15) is 0 Å². The summed E-state index contributed by atoms with van der Waals surface area (Å²) in [5.41, 5.74) is 2.42. The maximum Gasteiger partial charge on any atom is 0.338 e. The summed E-state index contributed by atoms with van der Waals surface area (Å²) in [6.07, 6.45) is 1.76. The number of halogens is 1. The molecule has 7 nitrogen and oxygen atoms in total. The van der Waals surface area contributed by atoms with Gasteiger partial charge in [0.2, 0.25) is 5.91 Å². The molecule has 1 atom stereocenters. The first-order valence-electron chi connectivity index (χ1n) is 9.37. The van der Waals surface area contributed by atoms with E-state index in [4.69, 9.17) is 4.74 Å². The lowest BCUT2D eigenvalue weighted by Crippen LogP contribution is -2.43. The molecule has 0 bridgehead atoms. The third-order valence-electron chi connectivity index (χ3n) is 5.14. The van der Waals surface area contributed by atoms with Crippen LogP contribution < -0.4 is 15.5 Å². The zero-order valence-corrected chi connectivity index (χ0v) is 15.8. The first-order valence-corrected chi connectivity index (χ1v) is 9.37. The molecule has 0 aromatic heterocycles. The Balaban J connectivity index is 1.39. The molecule has 0 aliphatic carbocycles. The van der Waals surface area contributed by atoms with Crippen molar-refractivity contribution < 1.29 is 23.5 Å². The molecule has 29 heavy (non-hydrogen) atoms. The molecule has 2 heterocycles. The molecule has 0 spiro atoms. The largest absolute Gasteiger partial charge is 0.452 e. The van der Waals surface area contributed by atoms with Gasteiger partial charge in [0.25, 0.3) is 5.91 Å². The molecule has 1 saturated heterocycles. The van der Waals surface area contributed by atoms with E-state index in [0.717, 1.165) is 25.1 Å². The Labute approximate surface area is 166 Å². The number of hydrogen-bond acceptors (Lipinski definition) is 5. The lowest BCUT2D eigenvalue weighted by Gasteiger charge is -2.33. The van der Waals surface area contributed by atoms with Crippen LogP contribution in [0.3, 0.4) is 0 Å². The molecule has 8 heteroatoms. The van der Waals surface area contributed by atoms with Crippen molar-refractivity contribution >= 4 is 34.8 Å². The predicted octanol–water partition coefficient (Wildman–Crippen LogP) is 2.85. The molecule has 2 aromatic carbocycles. The quantitative estimate of drug-likeness (QED) is 0.775. The minimum absolute atomic E-state index is 0.0785. The number of benzene rings is 2. The van der Waals surface area contributed by atoms with Crippen molar-refractivity contribution in [2.75, 3.05) is 28.7 Å². The van der Waals surface area contributed by atoms with Crippen LogP contribution in [0.1, 0.15) is 28.8 Å². The number of carbonyl (C=O) groups is 3. The third-order valence-corrected chi connectivity index (χ3v) is 5.14. The number of ether oxygens (including phenoxy) is 1. The molecule has 0 saturated carbocycles. The second kappa shape index (κ2) is 7.54. The van der Waals surface area contributed by atoms with Gasteiger partial charge < -0.3 is 20.3 Å². The number of fused-ring (bicyclic) bond motifs is 3. The highest BCUT2D eigenvalue weighted by Gasteiger charge is 2.36. The Morgan fingerprint density at radius 2 is 2.10 bits per heavy atom. The number of rotatable bonds is 4. The molecule has 2 N–H and O–H groups in total. The summed E-state index contributed by atoms with van der Waals surface area (Å²) in [5.74, 6) is -1.77. The van der Waals surface area contributed by atoms with Crippen molar-refractivity contribution in [3.05, 3.63) is 53.3 Å². The average molecular weight is 397 g/mol. The highest BCUT2D eigenvalue weighted by atomic mass is 19.1. The Morgan fingerprint density at radius 3 is 2.90 bits per heavy atom. The van der Waals surface area contributed by atoms with Crippen LogP contribution in [0.25, 0.3) is 0 Å². The number of amides is 2. The van der Waals surface area contributed by atoms with E-state index >= 15 is 0 Å². The monoisotopic (exact) mass is 397 g/mol. The van der Waals surface area contributed by atoms with Gasteiger partial charge in [-0.05, 0) is 55.7 Å². The molecule has 2 aromatic rings. The normalized spacial score (nSPS) is 17.2. The Kier molecular flexibility index (Phi) is 4.92. The van der Waals surface area contributed by atoms with Crippen LogP contribution >= 0.6 is 0 Å². The summed E-state index contributed by atoms with van der Waals surface area (Å²) in [7, 11) is 0. The zero-order valence-electron chi connectivity index (χ0n) is 15.8. The summed E-state index contributed by atoms with van der Waals surface area (Å²) >= 11 is 0. The van der Waals surface area contributed by atoms with Crippen LogP contribution in [0.4, 0.5) is 21.5 Å². The van der Waals surface area contributed by atoms with Crippen LogP contribution in [-0.2, 0) is 14.3 Å². The molecular weight excluding hydrogens is 377 g/mol. The SMILES string of the molecule is Cc1ccc(NC(=O)COC(=O)c2ccc3c(c2)NC(=O)[C@@H]2CCCN32)cc1F. The predicted molar refractivity (Wildman–Crippen MR) is 105 cm³/mol. The second-order valence-corrected chi connectivity index (χ2v) is 7.16. The fourth-order valence-corrected chi connectivity index (χ4v) is 3.64. The van der Waals surface area contributed by atoms with Crippen LogP contribution in [0, 0.1) is 12.7 Å². The maximum absolute atomic E-state index is 13.5. The molecule has 0 unspecified atom stereocenters. The molecule has 2 amide bonds. The molecule has 4 rings (SSSR count). The molecule has 2 aliphatic rings.